The van der Waals surface area contributed by atoms with Gasteiger partial charge in [0.05, 0.1) is 0 Å². The molecule has 0 bridgehead atoms. The SMILES string of the molecule is C/C(=C/C(C)=C(/C)N)C(C)C. The lowest BCUT2D eigenvalue weighted by Gasteiger charge is -2.05. The molecule has 0 radical (unpaired) electrons. The van der Waals surface area contributed by atoms with Crippen LogP contribution in [0.1, 0.15) is 34.6 Å². The second-order valence-electron chi connectivity index (χ2n) is 3.41. The van der Waals surface area contributed by atoms with Crippen molar-refractivity contribution in [2.24, 2.45) is 11.7 Å². The monoisotopic (exact) mass is 153 g/mol. The maximum Gasteiger partial charge on any atom is 0.00785 e. The first kappa shape index (κ1) is 10.3. The third kappa shape index (κ3) is 3.87. The van der Waals surface area contributed by atoms with E-state index in [0.29, 0.717) is 5.92 Å². The Labute approximate surface area is 70.0 Å². The van der Waals surface area contributed by atoms with Crippen LogP contribution in [0.4, 0.5) is 0 Å². The van der Waals surface area contributed by atoms with Crippen LogP contribution in [0.15, 0.2) is 22.9 Å². The fourth-order valence-electron chi connectivity index (χ4n) is 0.622. The minimum atomic E-state index is 0.615. The summed E-state index contributed by atoms with van der Waals surface area (Å²) < 4.78 is 0. The van der Waals surface area contributed by atoms with E-state index in [1.165, 1.54) is 11.1 Å². The van der Waals surface area contributed by atoms with Crippen molar-refractivity contribution < 1.29 is 0 Å². The van der Waals surface area contributed by atoms with E-state index in [2.05, 4.69) is 26.8 Å². The predicted octanol–water partition coefficient (Wildman–Crippen LogP) is 2.84. The number of hydrogen-bond acceptors (Lipinski definition) is 1. The summed E-state index contributed by atoms with van der Waals surface area (Å²) in [4.78, 5) is 0. The second kappa shape index (κ2) is 4.22. The lowest BCUT2D eigenvalue weighted by Crippen LogP contribution is -1.95. The Morgan fingerprint density at radius 1 is 1.18 bits per heavy atom. The van der Waals surface area contributed by atoms with Crippen LogP contribution in [0.5, 0.6) is 0 Å². The Bertz CT molecular complexity index is 181. The van der Waals surface area contributed by atoms with Crippen LogP contribution in [0, 0.1) is 5.92 Å². The van der Waals surface area contributed by atoms with Gasteiger partial charge in [0.25, 0.3) is 0 Å². The van der Waals surface area contributed by atoms with E-state index in [-0.39, 0.29) is 0 Å². The first-order valence-electron chi connectivity index (χ1n) is 4.06. The van der Waals surface area contributed by atoms with Gasteiger partial charge in [-0.2, -0.15) is 0 Å². The van der Waals surface area contributed by atoms with Gasteiger partial charge in [-0.15, -0.1) is 0 Å². The molecule has 0 saturated carbocycles. The Morgan fingerprint density at radius 2 is 1.64 bits per heavy atom. The molecular weight excluding hydrogens is 134 g/mol. The van der Waals surface area contributed by atoms with Crippen LogP contribution in [-0.4, -0.2) is 0 Å². The fraction of sp³-hybridized carbons (Fsp3) is 0.600. The number of hydrogen-bond donors (Lipinski definition) is 1. The molecule has 0 unspecified atom stereocenters. The van der Waals surface area contributed by atoms with Crippen molar-refractivity contribution >= 4 is 0 Å². The minimum absolute atomic E-state index is 0.615. The average Bonchev–Trinajstić information content (AvgIpc) is 1.87. The number of nitrogens with two attached hydrogens (primary N) is 1. The Hall–Kier alpha value is -0.720. The standard InChI is InChI=1S/C10H19N/c1-7(2)8(3)6-9(4)10(5)11/h6-7H,11H2,1-5H3/b8-6-,10-9-. The minimum Gasteiger partial charge on any atom is -0.402 e. The van der Waals surface area contributed by atoms with Gasteiger partial charge in [-0.1, -0.05) is 25.5 Å². The van der Waals surface area contributed by atoms with Gasteiger partial charge in [0.2, 0.25) is 0 Å². The lowest BCUT2D eigenvalue weighted by molar-refractivity contribution is 0.768. The van der Waals surface area contributed by atoms with Gasteiger partial charge in [0, 0.05) is 5.70 Å². The normalized spacial score (nSPS) is 15.3. The van der Waals surface area contributed by atoms with Crippen molar-refractivity contribution in [1.82, 2.24) is 0 Å². The van der Waals surface area contributed by atoms with Crippen LogP contribution in [0.3, 0.4) is 0 Å². The van der Waals surface area contributed by atoms with E-state index in [1.807, 2.05) is 13.8 Å². The zero-order chi connectivity index (χ0) is 9.02. The second-order valence-corrected chi connectivity index (χ2v) is 3.41. The summed E-state index contributed by atoms with van der Waals surface area (Å²) in [5, 5.41) is 0. The maximum absolute atomic E-state index is 5.62. The smallest absolute Gasteiger partial charge is 0.00785 e. The van der Waals surface area contributed by atoms with Crippen LogP contribution in [0.25, 0.3) is 0 Å². The third-order valence-corrected chi connectivity index (χ3v) is 1.98. The fourth-order valence-corrected chi connectivity index (χ4v) is 0.622. The van der Waals surface area contributed by atoms with Crippen molar-refractivity contribution in [3.63, 3.8) is 0 Å². The predicted molar refractivity (Wildman–Crippen MR) is 51.2 cm³/mol. The van der Waals surface area contributed by atoms with E-state index in [4.69, 9.17) is 5.73 Å². The highest BCUT2D eigenvalue weighted by Crippen LogP contribution is 2.11. The van der Waals surface area contributed by atoms with Crippen LogP contribution in [0.2, 0.25) is 0 Å². The van der Waals surface area contributed by atoms with Gasteiger partial charge >= 0.3 is 0 Å². The molecular formula is C10H19N. The topological polar surface area (TPSA) is 26.0 Å². The van der Waals surface area contributed by atoms with Crippen molar-refractivity contribution in [3.05, 3.63) is 22.9 Å². The van der Waals surface area contributed by atoms with Crippen LogP contribution < -0.4 is 5.73 Å². The van der Waals surface area contributed by atoms with Gasteiger partial charge in [0.1, 0.15) is 0 Å². The Morgan fingerprint density at radius 3 is 1.91 bits per heavy atom. The van der Waals surface area contributed by atoms with E-state index in [0.717, 1.165) is 5.70 Å². The average molecular weight is 153 g/mol. The molecule has 0 aromatic rings. The van der Waals surface area contributed by atoms with E-state index in [9.17, 15) is 0 Å². The highest BCUT2D eigenvalue weighted by atomic mass is 14.5. The molecule has 0 saturated heterocycles. The molecule has 0 aliphatic rings. The van der Waals surface area contributed by atoms with E-state index < -0.39 is 0 Å². The first-order chi connectivity index (χ1) is 4.95. The highest BCUT2D eigenvalue weighted by Gasteiger charge is 1.96. The highest BCUT2D eigenvalue weighted by molar-refractivity contribution is 5.24. The molecule has 0 aromatic heterocycles. The molecule has 0 aromatic carbocycles. The van der Waals surface area contributed by atoms with Gasteiger partial charge < -0.3 is 5.73 Å². The third-order valence-electron chi connectivity index (χ3n) is 1.98. The summed E-state index contributed by atoms with van der Waals surface area (Å²) in [6.07, 6.45) is 2.15. The molecule has 1 heteroatoms. The maximum atomic E-state index is 5.62. The van der Waals surface area contributed by atoms with Crippen LogP contribution >= 0.6 is 0 Å². The molecule has 0 aliphatic carbocycles. The van der Waals surface area contributed by atoms with Crippen LogP contribution in [-0.2, 0) is 0 Å². The molecule has 0 fully saturated rings. The van der Waals surface area contributed by atoms with Crippen molar-refractivity contribution in [1.29, 1.82) is 0 Å². The molecule has 0 rings (SSSR count). The zero-order valence-corrected chi connectivity index (χ0v) is 8.23. The summed E-state index contributed by atoms with van der Waals surface area (Å²) in [5.74, 6) is 0.615. The zero-order valence-electron chi connectivity index (χ0n) is 8.23. The lowest BCUT2D eigenvalue weighted by atomic mass is 10.0. The first-order valence-corrected chi connectivity index (χ1v) is 4.06. The molecule has 1 nitrogen and oxygen atoms in total. The molecule has 0 aliphatic heterocycles. The van der Waals surface area contributed by atoms with Gasteiger partial charge in [-0.3, -0.25) is 0 Å². The summed E-state index contributed by atoms with van der Waals surface area (Å²) >= 11 is 0. The Kier molecular flexibility index (Phi) is 3.94. The van der Waals surface area contributed by atoms with E-state index >= 15 is 0 Å². The number of rotatable bonds is 2. The van der Waals surface area contributed by atoms with Crippen molar-refractivity contribution in [2.45, 2.75) is 34.6 Å². The van der Waals surface area contributed by atoms with Crippen molar-refractivity contribution in [3.8, 4) is 0 Å². The molecule has 0 spiro atoms. The quantitative estimate of drug-likeness (QED) is 0.606. The summed E-state index contributed by atoms with van der Waals surface area (Å²) in [6, 6.07) is 0. The number of allylic oxidation sites excluding steroid dienone is 4. The van der Waals surface area contributed by atoms with Gasteiger partial charge in [-0.25, -0.2) is 0 Å². The van der Waals surface area contributed by atoms with Gasteiger partial charge in [-0.05, 0) is 32.3 Å². The largest absolute Gasteiger partial charge is 0.402 e. The molecule has 0 atom stereocenters. The molecule has 11 heavy (non-hydrogen) atoms. The summed E-state index contributed by atoms with van der Waals surface area (Å²) in [7, 11) is 0. The molecule has 0 heterocycles. The summed E-state index contributed by atoms with van der Waals surface area (Å²) in [6.45, 7) is 10.5. The molecule has 64 valence electrons. The van der Waals surface area contributed by atoms with E-state index in [1.54, 1.807) is 0 Å². The summed E-state index contributed by atoms with van der Waals surface area (Å²) in [5.41, 5.74) is 9.09. The molecule has 2 N–H and O–H groups in total. The van der Waals surface area contributed by atoms with Gasteiger partial charge in [0.15, 0.2) is 0 Å². The van der Waals surface area contributed by atoms with Crippen molar-refractivity contribution in [2.75, 3.05) is 0 Å². The Balaban J connectivity index is 4.44. The molecule has 0 amide bonds.